The summed E-state index contributed by atoms with van der Waals surface area (Å²) in [7, 11) is 0. The van der Waals surface area contributed by atoms with Crippen molar-refractivity contribution in [1.82, 2.24) is 0 Å². The van der Waals surface area contributed by atoms with Gasteiger partial charge >= 0.3 is 0 Å². The fourth-order valence-electron chi connectivity index (χ4n) is 2.72. The summed E-state index contributed by atoms with van der Waals surface area (Å²) in [5, 5.41) is 9.46. The number of fused-ring (bicyclic) bond motifs is 3. The van der Waals surface area contributed by atoms with Crippen molar-refractivity contribution in [3.63, 3.8) is 0 Å². The second-order valence-electron chi connectivity index (χ2n) is 4.28. The topological polar surface area (TPSA) is 37.3 Å². The Hall–Kier alpha value is -0.466. The maximum atomic E-state index is 12.0. The van der Waals surface area contributed by atoms with Crippen molar-refractivity contribution < 1.29 is 42.6 Å². The van der Waals surface area contributed by atoms with Crippen LogP contribution in [-0.2, 0) is 32.7 Å². The van der Waals surface area contributed by atoms with Crippen LogP contribution < -0.4 is 0 Å². The number of hydrogen-bond acceptors (Lipinski definition) is 2. The number of aliphatic hydroxyl groups is 1. The second kappa shape index (κ2) is 9.47. The van der Waals surface area contributed by atoms with Crippen LogP contribution in [0.5, 0.6) is 0 Å². The van der Waals surface area contributed by atoms with Crippen molar-refractivity contribution in [2.75, 3.05) is 0 Å². The van der Waals surface area contributed by atoms with Gasteiger partial charge in [0.1, 0.15) is 0 Å². The first kappa shape index (κ1) is 19.5. The molecule has 3 rings (SSSR count). The molecule has 3 heteroatoms. The maximum absolute atomic E-state index is 12.0. The fourth-order valence-corrected chi connectivity index (χ4v) is 2.72. The van der Waals surface area contributed by atoms with Crippen LogP contribution in [0, 0.1) is 5.92 Å². The first-order chi connectivity index (χ1) is 9.27. The van der Waals surface area contributed by atoms with Gasteiger partial charge in [-0.15, -0.1) is 0 Å². The molecule has 1 N–H and O–H groups in total. The van der Waals surface area contributed by atoms with Crippen molar-refractivity contribution in [3.8, 4) is 0 Å². The summed E-state index contributed by atoms with van der Waals surface area (Å²) in [5.41, 5.74) is 2.01. The minimum atomic E-state index is -0.115. The minimum Gasteiger partial charge on any atom is -0.513 e. The fraction of sp³-hybridized carbons (Fsp3) is 0.471. The van der Waals surface area contributed by atoms with Crippen molar-refractivity contribution in [3.05, 3.63) is 47.2 Å². The van der Waals surface area contributed by atoms with Crippen LogP contribution >= 0.6 is 0 Å². The number of carbonyl (C=O) groups excluding carboxylic acids is 1. The molecule has 0 saturated heterocycles. The maximum Gasteiger partial charge on any atom is 0.170 e. The molecule has 0 heterocycles. The standard InChI is InChI=1S/C13H12O2.2C2H6.Y/c14-8-5-6-10-9-3-1-2-4-11(9)13(15)12(10)7-8;2*1-2;/h1-4,7,10,12,14H,5-6H2;2*1-2H3;. The Morgan fingerprint density at radius 2 is 1.70 bits per heavy atom. The summed E-state index contributed by atoms with van der Waals surface area (Å²) in [5.74, 6) is 0.722. The smallest absolute Gasteiger partial charge is 0.170 e. The van der Waals surface area contributed by atoms with Gasteiger partial charge in [-0.1, -0.05) is 52.0 Å². The molecule has 0 amide bonds. The molecule has 2 unspecified atom stereocenters. The number of ketones is 1. The number of rotatable bonds is 0. The molecule has 0 spiro atoms. The molecule has 0 fully saturated rings. The SMILES string of the molecule is CC.CC.O=C1c2ccccc2C2CCC(O)=CC12.[Y]. The zero-order valence-corrected chi connectivity index (χ0v) is 15.7. The molecule has 1 aromatic carbocycles. The normalized spacial score (nSPS) is 21.8. The predicted molar refractivity (Wildman–Crippen MR) is 79.6 cm³/mol. The third kappa shape index (κ3) is 3.80. The van der Waals surface area contributed by atoms with E-state index in [2.05, 4.69) is 0 Å². The van der Waals surface area contributed by atoms with Crippen LogP contribution in [0.25, 0.3) is 0 Å². The van der Waals surface area contributed by atoms with Gasteiger partial charge in [0.2, 0.25) is 0 Å². The second-order valence-corrected chi connectivity index (χ2v) is 4.28. The monoisotopic (exact) mass is 349 g/mol. The number of allylic oxidation sites excluding steroid dienone is 2. The summed E-state index contributed by atoms with van der Waals surface area (Å²) in [6, 6.07) is 7.80. The predicted octanol–water partition coefficient (Wildman–Crippen LogP) is 4.87. The molecule has 2 nitrogen and oxygen atoms in total. The van der Waals surface area contributed by atoms with E-state index in [-0.39, 0.29) is 44.4 Å². The summed E-state index contributed by atoms with van der Waals surface area (Å²) >= 11 is 0. The zero-order valence-electron chi connectivity index (χ0n) is 12.9. The van der Waals surface area contributed by atoms with Crippen LogP contribution in [0.2, 0.25) is 0 Å². The van der Waals surface area contributed by atoms with Gasteiger partial charge < -0.3 is 5.11 Å². The van der Waals surface area contributed by atoms with E-state index in [1.165, 1.54) is 0 Å². The molecule has 2 atom stereocenters. The van der Waals surface area contributed by atoms with Gasteiger partial charge in [0.25, 0.3) is 0 Å². The molecular weight excluding hydrogens is 325 g/mol. The summed E-state index contributed by atoms with van der Waals surface area (Å²) in [4.78, 5) is 12.0. The third-order valence-electron chi connectivity index (χ3n) is 3.45. The molecule has 2 aliphatic carbocycles. The summed E-state index contributed by atoms with van der Waals surface area (Å²) in [6.45, 7) is 8.00. The summed E-state index contributed by atoms with van der Waals surface area (Å²) < 4.78 is 0. The van der Waals surface area contributed by atoms with E-state index in [0.29, 0.717) is 18.1 Å². The quantitative estimate of drug-likeness (QED) is 0.726. The molecule has 0 saturated carbocycles. The molecule has 0 aromatic heterocycles. The van der Waals surface area contributed by atoms with E-state index in [1.807, 2.05) is 52.0 Å². The molecule has 0 aliphatic heterocycles. The number of carbonyl (C=O) groups is 1. The Bertz CT molecular complexity index is 466. The van der Waals surface area contributed by atoms with Crippen molar-refractivity contribution in [2.24, 2.45) is 5.92 Å². The van der Waals surface area contributed by atoms with Gasteiger partial charge in [0.05, 0.1) is 11.7 Å². The molecular formula is C17H24O2Y. The minimum absolute atomic E-state index is 0. The van der Waals surface area contributed by atoms with E-state index >= 15 is 0 Å². The van der Waals surface area contributed by atoms with Crippen LogP contribution in [0.15, 0.2) is 36.1 Å². The Morgan fingerprint density at radius 1 is 1.10 bits per heavy atom. The van der Waals surface area contributed by atoms with Crippen molar-refractivity contribution in [1.29, 1.82) is 0 Å². The Morgan fingerprint density at radius 3 is 2.35 bits per heavy atom. The third-order valence-corrected chi connectivity index (χ3v) is 3.45. The summed E-state index contributed by atoms with van der Waals surface area (Å²) in [6.07, 6.45) is 3.31. The van der Waals surface area contributed by atoms with Gasteiger partial charge in [0, 0.05) is 44.7 Å². The first-order valence-corrected chi connectivity index (χ1v) is 7.30. The van der Waals surface area contributed by atoms with E-state index in [4.69, 9.17) is 0 Å². The number of hydrogen-bond donors (Lipinski definition) is 1. The first-order valence-electron chi connectivity index (χ1n) is 7.30. The van der Waals surface area contributed by atoms with Gasteiger partial charge in [0.15, 0.2) is 5.78 Å². The van der Waals surface area contributed by atoms with Crippen LogP contribution in [0.1, 0.15) is 62.4 Å². The Labute approximate surface area is 147 Å². The van der Waals surface area contributed by atoms with Gasteiger partial charge in [-0.2, -0.15) is 0 Å². The Balaban J connectivity index is 0.000000667. The molecule has 2 aliphatic rings. The van der Waals surface area contributed by atoms with Gasteiger partial charge in [-0.05, 0) is 24.0 Å². The number of Topliss-reactive ketones (excluding diaryl/α,β-unsaturated/α-hetero) is 1. The van der Waals surface area contributed by atoms with Crippen molar-refractivity contribution >= 4 is 5.78 Å². The molecule has 0 bridgehead atoms. The van der Waals surface area contributed by atoms with E-state index in [0.717, 1.165) is 17.5 Å². The molecule has 20 heavy (non-hydrogen) atoms. The van der Waals surface area contributed by atoms with E-state index in [9.17, 15) is 9.90 Å². The van der Waals surface area contributed by atoms with Gasteiger partial charge in [-0.3, -0.25) is 4.79 Å². The number of aliphatic hydroxyl groups excluding tert-OH is 1. The van der Waals surface area contributed by atoms with E-state index in [1.54, 1.807) is 6.08 Å². The molecule has 1 aromatic rings. The largest absolute Gasteiger partial charge is 0.513 e. The van der Waals surface area contributed by atoms with E-state index < -0.39 is 0 Å². The Kier molecular flexibility index (Phi) is 9.25. The average molecular weight is 349 g/mol. The molecule has 107 valence electrons. The van der Waals surface area contributed by atoms with Crippen molar-refractivity contribution in [2.45, 2.75) is 46.5 Å². The molecule has 1 radical (unpaired) electrons. The van der Waals surface area contributed by atoms with Gasteiger partial charge in [-0.25, -0.2) is 0 Å². The number of benzene rings is 1. The zero-order chi connectivity index (χ0) is 14.4. The van der Waals surface area contributed by atoms with Crippen LogP contribution in [0.4, 0.5) is 0 Å². The average Bonchev–Trinajstić information content (AvgIpc) is 2.77. The van der Waals surface area contributed by atoms with Crippen LogP contribution in [-0.4, -0.2) is 10.9 Å². The van der Waals surface area contributed by atoms with Crippen LogP contribution in [0.3, 0.4) is 0 Å².